The second-order valence-corrected chi connectivity index (χ2v) is 12.1. The Morgan fingerprint density at radius 1 is 1.05 bits per heavy atom. The van der Waals surface area contributed by atoms with Gasteiger partial charge in [-0.1, -0.05) is 72.4 Å². The van der Waals surface area contributed by atoms with E-state index < -0.39 is 11.7 Å². The van der Waals surface area contributed by atoms with Crippen molar-refractivity contribution in [3.05, 3.63) is 82.1 Å². The van der Waals surface area contributed by atoms with E-state index in [4.69, 9.17) is 14.7 Å². The van der Waals surface area contributed by atoms with Gasteiger partial charge in [0.25, 0.3) is 5.56 Å². The fourth-order valence-corrected chi connectivity index (χ4v) is 5.80. The molecule has 0 radical (unpaired) electrons. The van der Waals surface area contributed by atoms with Crippen molar-refractivity contribution >= 4 is 35.0 Å². The number of alkyl carbamates (subject to hydrolysis) is 1. The van der Waals surface area contributed by atoms with E-state index in [9.17, 15) is 9.59 Å². The average Bonchev–Trinajstić information content (AvgIpc) is 3.28. The van der Waals surface area contributed by atoms with E-state index in [1.54, 1.807) is 11.6 Å². The van der Waals surface area contributed by atoms with E-state index in [0.717, 1.165) is 30.5 Å². The number of anilines is 1. The van der Waals surface area contributed by atoms with Gasteiger partial charge in [-0.15, -0.1) is 0 Å². The molecule has 1 N–H and O–H groups in total. The van der Waals surface area contributed by atoms with Gasteiger partial charge in [-0.2, -0.15) is 4.98 Å². The number of nitrogens with one attached hydrogen (secondary N) is 1. The number of carbonyl (C=O) groups excluding carboxylic acids is 1. The fourth-order valence-electron chi connectivity index (χ4n) is 4.89. The Morgan fingerprint density at radius 3 is 2.40 bits per heavy atom. The van der Waals surface area contributed by atoms with Gasteiger partial charge < -0.3 is 15.0 Å². The van der Waals surface area contributed by atoms with Crippen LogP contribution in [0.4, 0.5) is 10.7 Å². The zero-order valence-corrected chi connectivity index (χ0v) is 24.3. The van der Waals surface area contributed by atoms with Crippen molar-refractivity contribution in [3.63, 3.8) is 0 Å². The van der Waals surface area contributed by atoms with Crippen LogP contribution in [0.5, 0.6) is 0 Å². The summed E-state index contributed by atoms with van der Waals surface area (Å²) in [6, 6.07) is 20.1. The third-order valence-corrected chi connectivity index (χ3v) is 7.85. The second kappa shape index (κ2) is 11.8. The maximum atomic E-state index is 13.8. The Kier molecular flexibility index (Phi) is 8.16. The number of thioether (sulfide) groups is 1. The molecule has 2 aromatic heterocycles. The predicted octanol–water partition coefficient (Wildman–Crippen LogP) is 4.96. The minimum absolute atomic E-state index is 0.0960. The zero-order valence-electron chi connectivity index (χ0n) is 23.5. The summed E-state index contributed by atoms with van der Waals surface area (Å²) in [5.41, 5.74) is 2.45. The molecule has 1 fully saturated rings. The van der Waals surface area contributed by atoms with Gasteiger partial charge >= 0.3 is 6.09 Å². The van der Waals surface area contributed by atoms with Crippen molar-refractivity contribution in [2.45, 2.75) is 62.7 Å². The average molecular weight is 561 g/mol. The Morgan fingerprint density at radius 2 is 1.73 bits per heavy atom. The van der Waals surface area contributed by atoms with Crippen LogP contribution in [0, 0.1) is 0 Å². The first-order valence-corrected chi connectivity index (χ1v) is 14.6. The van der Waals surface area contributed by atoms with Gasteiger partial charge in [-0.3, -0.25) is 13.9 Å². The van der Waals surface area contributed by atoms with Crippen molar-refractivity contribution in [1.82, 2.24) is 24.4 Å². The summed E-state index contributed by atoms with van der Waals surface area (Å²) < 4.78 is 9.07. The fraction of sp³-hybridized carbons (Fsp3) is 0.400. The number of imidazole rings is 1. The third-order valence-electron chi connectivity index (χ3n) is 6.74. The molecule has 1 aliphatic heterocycles. The van der Waals surface area contributed by atoms with E-state index in [2.05, 4.69) is 22.3 Å². The van der Waals surface area contributed by atoms with Crippen molar-refractivity contribution in [2.75, 3.05) is 18.0 Å². The van der Waals surface area contributed by atoms with Gasteiger partial charge in [0.05, 0.1) is 6.54 Å². The van der Waals surface area contributed by atoms with Crippen LogP contribution in [0.15, 0.2) is 70.6 Å². The Balaban J connectivity index is 1.49. The van der Waals surface area contributed by atoms with E-state index in [0.29, 0.717) is 41.1 Å². The topological polar surface area (TPSA) is 94.3 Å². The molecule has 2 aromatic carbocycles. The number of hydrogen-bond donors (Lipinski definition) is 1. The number of benzene rings is 2. The lowest BCUT2D eigenvalue weighted by atomic mass is 10.1. The van der Waals surface area contributed by atoms with Crippen LogP contribution in [0.25, 0.3) is 11.2 Å². The molecular weight excluding hydrogens is 524 g/mol. The predicted molar refractivity (Wildman–Crippen MR) is 159 cm³/mol. The zero-order chi connectivity index (χ0) is 28.3. The summed E-state index contributed by atoms with van der Waals surface area (Å²) in [5, 5.41) is 3.64. The lowest BCUT2D eigenvalue weighted by Gasteiger charge is -2.34. The van der Waals surface area contributed by atoms with E-state index in [1.807, 2.05) is 73.9 Å². The number of amides is 1. The highest BCUT2D eigenvalue weighted by atomic mass is 32.2. The molecule has 4 aromatic rings. The van der Waals surface area contributed by atoms with Gasteiger partial charge in [0, 0.05) is 31.9 Å². The van der Waals surface area contributed by atoms with E-state index in [1.165, 1.54) is 11.8 Å². The van der Waals surface area contributed by atoms with Gasteiger partial charge in [0.15, 0.2) is 16.3 Å². The molecule has 1 atom stereocenters. The highest BCUT2D eigenvalue weighted by molar-refractivity contribution is 7.98. The molecule has 40 heavy (non-hydrogen) atoms. The second-order valence-electron chi connectivity index (χ2n) is 11.1. The molecule has 0 spiro atoms. The largest absolute Gasteiger partial charge is 0.444 e. The first-order valence-electron chi connectivity index (χ1n) is 13.6. The summed E-state index contributed by atoms with van der Waals surface area (Å²) in [5.74, 6) is 1.39. The summed E-state index contributed by atoms with van der Waals surface area (Å²) in [4.78, 5) is 38.2. The molecule has 1 saturated heterocycles. The van der Waals surface area contributed by atoms with Crippen LogP contribution in [-0.4, -0.2) is 49.9 Å². The van der Waals surface area contributed by atoms with Crippen LogP contribution >= 0.6 is 11.8 Å². The monoisotopic (exact) mass is 560 g/mol. The number of nitrogens with zero attached hydrogens (tertiary/aromatic N) is 5. The number of fused-ring (bicyclic) bond motifs is 1. The number of hydrogen-bond acceptors (Lipinski definition) is 7. The molecule has 0 bridgehead atoms. The molecule has 5 rings (SSSR count). The van der Waals surface area contributed by atoms with Gasteiger partial charge in [-0.05, 0) is 44.7 Å². The van der Waals surface area contributed by atoms with E-state index in [-0.39, 0.29) is 11.6 Å². The van der Waals surface area contributed by atoms with Gasteiger partial charge in [0.1, 0.15) is 5.60 Å². The summed E-state index contributed by atoms with van der Waals surface area (Å²) in [7, 11) is 1.77. The summed E-state index contributed by atoms with van der Waals surface area (Å²) >= 11 is 1.52. The van der Waals surface area contributed by atoms with E-state index >= 15 is 0 Å². The van der Waals surface area contributed by atoms with Crippen molar-refractivity contribution < 1.29 is 9.53 Å². The van der Waals surface area contributed by atoms with Crippen molar-refractivity contribution in [2.24, 2.45) is 7.05 Å². The number of ether oxygens (including phenoxy) is 1. The molecule has 3 heterocycles. The number of aromatic nitrogens is 4. The number of piperidine rings is 1. The van der Waals surface area contributed by atoms with Gasteiger partial charge in [-0.25, -0.2) is 9.78 Å². The number of carbonyl (C=O) groups is 1. The van der Waals surface area contributed by atoms with Gasteiger partial charge in [0.2, 0.25) is 5.95 Å². The Hall–Kier alpha value is -3.79. The normalized spacial score (nSPS) is 15.8. The van der Waals surface area contributed by atoms with Crippen LogP contribution in [0.3, 0.4) is 0 Å². The molecule has 1 aliphatic rings. The third kappa shape index (κ3) is 6.50. The Labute approximate surface area is 238 Å². The van der Waals surface area contributed by atoms with Crippen LogP contribution in [0.1, 0.15) is 44.7 Å². The lowest BCUT2D eigenvalue weighted by molar-refractivity contribution is 0.0499. The Bertz CT molecular complexity index is 1530. The van der Waals surface area contributed by atoms with Crippen LogP contribution in [-0.2, 0) is 24.1 Å². The molecular formula is C30H36N6O3S. The van der Waals surface area contributed by atoms with Crippen LogP contribution < -0.4 is 15.8 Å². The summed E-state index contributed by atoms with van der Waals surface area (Å²) in [6.45, 7) is 7.37. The molecule has 1 unspecified atom stereocenters. The highest BCUT2D eigenvalue weighted by Gasteiger charge is 2.29. The quantitative estimate of drug-likeness (QED) is 0.252. The minimum Gasteiger partial charge on any atom is -0.444 e. The first-order chi connectivity index (χ1) is 19.2. The maximum absolute atomic E-state index is 13.8. The SMILES string of the molecule is Cn1c(SCc2ccccc2)nc2nc(N3CCCC(NC(=O)OC(C)(C)C)C3)n(Cc3ccccc3)c2c1=O. The smallest absolute Gasteiger partial charge is 0.407 e. The molecule has 1 amide bonds. The van der Waals surface area contributed by atoms with Crippen molar-refractivity contribution in [3.8, 4) is 0 Å². The maximum Gasteiger partial charge on any atom is 0.407 e. The molecule has 9 nitrogen and oxygen atoms in total. The molecule has 0 aliphatic carbocycles. The standard InChI is InChI=1S/C30H36N6O3S/c1-30(2,3)39-29(38)31-23-16-11-17-35(19-23)27-32-25-24(36(27)18-21-12-7-5-8-13-21)26(37)34(4)28(33-25)40-20-22-14-9-6-10-15-22/h5-10,12-15,23H,11,16-20H2,1-4H3,(H,31,38). The molecule has 0 saturated carbocycles. The molecule has 10 heteroatoms. The molecule has 210 valence electrons. The number of rotatable bonds is 7. The van der Waals surface area contributed by atoms with Crippen molar-refractivity contribution in [1.29, 1.82) is 0 Å². The first kappa shape index (κ1) is 27.8. The minimum atomic E-state index is -0.565. The van der Waals surface area contributed by atoms with Crippen LogP contribution in [0.2, 0.25) is 0 Å². The highest BCUT2D eigenvalue weighted by Crippen LogP contribution is 2.27. The lowest BCUT2D eigenvalue weighted by Crippen LogP contribution is -2.49. The summed E-state index contributed by atoms with van der Waals surface area (Å²) in [6.07, 6.45) is 1.29.